The van der Waals surface area contributed by atoms with E-state index in [-0.39, 0.29) is 42.4 Å². The van der Waals surface area contributed by atoms with Crippen LogP contribution in [-0.2, 0) is 33.4 Å². The molecular formula is C60H71ClF2N12O11S2. The van der Waals surface area contributed by atoms with Gasteiger partial charge in [0.25, 0.3) is 0 Å². The second kappa shape index (κ2) is 25.6. The van der Waals surface area contributed by atoms with Crippen molar-refractivity contribution in [3.05, 3.63) is 125 Å². The molecule has 0 aliphatic carbocycles. The van der Waals surface area contributed by atoms with Crippen LogP contribution in [0.3, 0.4) is 0 Å². The van der Waals surface area contributed by atoms with Gasteiger partial charge in [-0.15, -0.1) is 22.7 Å². The minimum atomic E-state index is -1.09. The van der Waals surface area contributed by atoms with E-state index in [0.29, 0.717) is 147 Å². The van der Waals surface area contributed by atoms with E-state index in [1.807, 2.05) is 29.5 Å². The number of aromatic nitrogens is 2. The van der Waals surface area contributed by atoms with Gasteiger partial charge in [0.05, 0.1) is 46.8 Å². The standard InChI is InChI=1S/C32H39FN6O6S.C28H32ClFN6O5S/c1-4-45-28(40)24-23(35-26(27-34-10-15-46-27)36-25(24)21-6-5-7-22(33)20(21)2)16-37-11-12-39-30(43)38(18-31(39,3)17-37)19-32(29(41)42)8-13-44-14-9-32;1-27(2,25(38)39)13-35-15-28(3)14-34(8-9-36(28)26(35)40)12-19-20(24(37)41-4)21(17-6-5-16(30)11-18(17)29)33-22(32-19)23-31-7-10-42-23/h5-7,10,15,25H,4,8-9,11-14,16-19H2,1-3H3,(H,35,36)(H,41,42);5-7,10-11,21H,8-9,12-15H2,1-4H3,(H,32,33)(H,38,39). The topological polar surface area (TPSA) is 265 Å². The highest BCUT2D eigenvalue weighted by molar-refractivity contribution is 7.12. The van der Waals surface area contributed by atoms with Crippen molar-refractivity contribution in [1.82, 2.24) is 50.0 Å². The number of aliphatic imine (C=N–C) groups is 2. The number of nitrogens with zero attached hydrogens (tertiary/aromatic N) is 10. The second-order valence-electron chi connectivity index (χ2n) is 24.2. The molecule has 5 fully saturated rings. The number of benzene rings is 2. The van der Waals surface area contributed by atoms with Crippen molar-refractivity contribution in [2.75, 3.05) is 105 Å². The first-order valence-electron chi connectivity index (χ1n) is 28.9. The van der Waals surface area contributed by atoms with Crippen LogP contribution in [0.4, 0.5) is 18.4 Å². The Labute approximate surface area is 520 Å². The summed E-state index contributed by atoms with van der Waals surface area (Å²) in [4.78, 5) is 107. The first kappa shape index (κ1) is 63.6. The van der Waals surface area contributed by atoms with E-state index >= 15 is 0 Å². The zero-order valence-electron chi connectivity index (χ0n) is 49.9. The predicted octanol–water partition coefficient (Wildman–Crippen LogP) is 6.57. The van der Waals surface area contributed by atoms with Crippen LogP contribution in [0, 0.1) is 29.4 Å². The molecule has 4 N–H and O–H groups in total. The van der Waals surface area contributed by atoms with Gasteiger partial charge in [-0.3, -0.25) is 29.4 Å². The Kier molecular flexibility index (Phi) is 18.5. The molecule has 88 heavy (non-hydrogen) atoms. The molecule has 4 amide bonds. The van der Waals surface area contributed by atoms with E-state index in [2.05, 4.69) is 30.4 Å². The SMILES string of the molecule is CCOC(=O)C1=C(CN2CCN3C(=O)N(CC4(C(=O)O)CCOCC4)CC3(C)C2)NC(c2nccs2)=NC1c1cccc(F)c1C.COC(=O)C1=C(CN2CCN3C(=O)N(CC(C)(C)C(=O)O)CC3(C)C2)NC(c2nccs2)=NC1c1ccc(F)cc1Cl. The number of piperazine rings is 2. The van der Waals surface area contributed by atoms with Gasteiger partial charge in [0, 0.05) is 137 Å². The van der Waals surface area contributed by atoms with Crippen molar-refractivity contribution in [2.45, 2.75) is 77.5 Å². The van der Waals surface area contributed by atoms with Crippen molar-refractivity contribution < 1.29 is 62.0 Å². The largest absolute Gasteiger partial charge is 0.481 e. The summed E-state index contributed by atoms with van der Waals surface area (Å²) in [6.07, 6.45) is 4.05. The molecule has 0 bridgehead atoms. The molecule has 7 aliphatic heterocycles. The fourth-order valence-corrected chi connectivity index (χ4v) is 14.3. The molecule has 2 aromatic carbocycles. The van der Waals surface area contributed by atoms with Crippen LogP contribution < -0.4 is 10.6 Å². The average Bonchev–Trinajstić information content (AvgIpc) is 1.58. The number of fused-ring (bicyclic) bond motifs is 2. The summed E-state index contributed by atoms with van der Waals surface area (Å²) >= 11 is 9.23. The van der Waals surface area contributed by atoms with Crippen molar-refractivity contribution in [3.8, 4) is 0 Å². The van der Waals surface area contributed by atoms with Gasteiger partial charge in [-0.2, -0.15) is 0 Å². The molecule has 23 nitrogen and oxygen atoms in total. The molecular weight excluding hydrogens is 1200 g/mol. The first-order valence-corrected chi connectivity index (χ1v) is 31.0. The Morgan fingerprint density at radius 3 is 1.84 bits per heavy atom. The van der Waals surface area contributed by atoms with Crippen LogP contribution in [0.5, 0.6) is 0 Å². The Hall–Kier alpha value is -7.43. The number of halogens is 3. The van der Waals surface area contributed by atoms with Gasteiger partial charge in [-0.25, -0.2) is 37.9 Å². The second-order valence-corrected chi connectivity index (χ2v) is 26.4. The number of nitrogens with one attached hydrogen (secondary N) is 2. The smallest absolute Gasteiger partial charge is 0.338 e. The zero-order valence-corrected chi connectivity index (χ0v) is 52.3. The lowest BCUT2D eigenvalue weighted by atomic mass is 9.79. The summed E-state index contributed by atoms with van der Waals surface area (Å²) < 4.78 is 44.9. The number of thiazole rings is 2. The molecule has 0 radical (unpaired) electrons. The summed E-state index contributed by atoms with van der Waals surface area (Å²) in [7, 11) is 1.29. The number of amidine groups is 2. The van der Waals surface area contributed by atoms with Crippen molar-refractivity contribution >= 4 is 81.9 Å². The molecule has 4 unspecified atom stereocenters. The third kappa shape index (κ3) is 12.7. The maximum atomic E-state index is 14.8. The van der Waals surface area contributed by atoms with Crippen LogP contribution in [0.15, 0.2) is 92.1 Å². The maximum absolute atomic E-state index is 14.8. The highest BCUT2D eigenvalue weighted by Gasteiger charge is 2.54. The number of methoxy groups -OCH3 is 1. The fraction of sp³-hybridized carbons (Fsp3) is 0.500. The van der Waals surface area contributed by atoms with Crippen molar-refractivity contribution in [1.29, 1.82) is 0 Å². The normalized spacial score (nSPS) is 24.0. The number of aliphatic carboxylic acids is 2. The summed E-state index contributed by atoms with van der Waals surface area (Å²) in [6.45, 7) is 16.0. The summed E-state index contributed by atoms with van der Waals surface area (Å²) in [5, 5.41) is 31.4. The number of ether oxygens (including phenoxy) is 3. The number of carbonyl (C=O) groups excluding carboxylic acids is 4. The van der Waals surface area contributed by atoms with E-state index in [9.17, 15) is 47.8 Å². The lowest BCUT2D eigenvalue weighted by Gasteiger charge is -2.44. The Morgan fingerprint density at radius 2 is 1.33 bits per heavy atom. The quantitative estimate of drug-likeness (QED) is 0.0815. The van der Waals surface area contributed by atoms with E-state index in [0.717, 1.165) is 0 Å². The van der Waals surface area contributed by atoms with Gasteiger partial charge in [-0.1, -0.05) is 29.8 Å². The molecule has 0 spiro atoms. The number of esters is 2. The predicted molar refractivity (Wildman–Crippen MR) is 323 cm³/mol. The van der Waals surface area contributed by atoms with Crippen LogP contribution in [0.25, 0.3) is 0 Å². The maximum Gasteiger partial charge on any atom is 0.338 e. The van der Waals surface area contributed by atoms with E-state index in [1.54, 1.807) is 66.9 Å². The number of urea groups is 2. The molecule has 11 rings (SSSR count). The summed E-state index contributed by atoms with van der Waals surface area (Å²) in [5.74, 6) is -2.99. The number of hydrogen-bond donors (Lipinski definition) is 4. The molecule has 7 aliphatic rings. The van der Waals surface area contributed by atoms with Crippen molar-refractivity contribution in [3.63, 3.8) is 0 Å². The molecule has 0 saturated carbocycles. The minimum absolute atomic E-state index is 0.0974. The van der Waals surface area contributed by atoms with Crippen LogP contribution in [0.2, 0.25) is 5.02 Å². The van der Waals surface area contributed by atoms with Crippen LogP contribution >= 0.6 is 34.3 Å². The molecule has 28 heteroatoms. The fourth-order valence-electron chi connectivity index (χ4n) is 12.8. The van der Waals surface area contributed by atoms with Gasteiger partial charge >= 0.3 is 35.9 Å². The molecule has 5 saturated heterocycles. The van der Waals surface area contributed by atoms with E-state index < -0.39 is 69.5 Å². The van der Waals surface area contributed by atoms with Gasteiger partial charge in [0.2, 0.25) is 0 Å². The Balaban J connectivity index is 0.000000195. The molecule has 4 atom stereocenters. The number of hydrogen-bond acceptors (Lipinski definition) is 19. The number of carboxylic acids is 2. The third-order valence-electron chi connectivity index (χ3n) is 17.4. The molecule has 9 heterocycles. The third-order valence-corrected chi connectivity index (χ3v) is 19.3. The first-order chi connectivity index (χ1) is 41.9. The van der Waals surface area contributed by atoms with E-state index in [1.165, 1.54) is 54.0 Å². The summed E-state index contributed by atoms with van der Waals surface area (Å²) in [6, 6.07) is 6.69. The van der Waals surface area contributed by atoms with Gasteiger partial charge < -0.3 is 54.7 Å². The lowest BCUT2D eigenvalue weighted by Crippen LogP contribution is -2.60. The van der Waals surface area contributed by atoms with Crippen molar-refractivity contribution in [2.24, 2.45) is 20.8 Å². The lowest BCUT2D eigenvalue weighted by molar-refractivity contribution is -0.156. The highest BCUT2D eigenvalue weighted by atomic mass is 35.5. The minimum Gasteiger partial charge on any atom is -0.481 e. The van der Waals surface area contributed by atoms with Gasteiger partial charge in [-0.05, 0) is 83.7 Å². The number of rotatable bonds is 17. The van der Waals surface area contributed by atoms with E-state index in [4.69, 9.17) is 35.8 Å². The molecule has 470 valence electrons. The van der Waals surface area contributed by atoms with Crippen LogP contribution in [0.1, 0.15) is 86.2 Å². The zero-order chi connectivity index (χ0) is 63.0. The number of amides is 4. The molecule has 2 aromatic heterocycles. The summed E-state index contributed by atoms with van der Waals surface area (Å²) in [5.41, 5.74) is -0.203. The van der Waals surface area contributed by atoms with Crippen LogP contribution in [-0.4, -0.2) is 214 Å². The highest BCUT2D eigenvalue weighted by Crippen LogP contribution is 2.42. The Morgan fingerprint density at radius 1 is 0.784 bits per heavy atom. The number of carbonyl (C=O) groups is 6. The molecule has 4 aromatic rings. The van der Waals surface area contributed by atoms with Gasteiger partial charge in [0.15, 0.2) is 21.7 Å². The monoisotopic (exact) mass is 1270 g/mol. The Bertz CT molecular complexity index is 3510. The van der Waals surface area contributed by atoms with Gasteiger partial charge in [0.1, 0.15) is 23.7 Å². The average molecular weight is 1270 g/mol. The number of carboxylic acid groups (broad SMARTS) is 2.